The van der Waals surface area contributed by atoms with Crippen molar-refractivity contribution in [2.45, 2.75) is 12.8 Å². The number of nitrogens with zero attached hydrogens (tertiary/aromatic N) is 1. The Kier molecular flexibility index (Phi) is 13.8. The van der Waals surface area contributed by atoms with E-state index in [0.29, 0.717) is 39.5 Å². The maximum absolute atomic E-state index is 6.32. The van der Waals surface area contributed by atoms with Gasteiger partial charge in [0.1, 0.15) is 0 Å². The lowest BCUT2D eigenvalue weighted by molar-refractivity contribution is 0.309. The van der Waals surface area contributed by atoms with E-state index in [1.165, 1.54) is 0 Å². The predicted molar refractivity (Wildman–Crippen MR) is 156 cm³/mol. The van der Waals surface area contributed by atoms with Crippen molar-refractivity contribution in [3.8, 4) is 0 Å². The monoisotopic (exact) mass is 584 g/mol. The summed E-state index contributed by atoms with van der Waals surface area (Å²) < 4.78 is 0. The first-order chi connectivity index (χ1) is 15.3. The van der Waals surface area contributed by atoms with Crippen LogP contribution in [0.5, 0.6) is 0 Å². The van der Waals surface area contributed by atoms with Crippen LogP contribution >= 0.6 is 92.4 Å². The molecule has 0 unspecified atom stereocenters. The van der Waals surface area contributed by atoms with E-state index in [9.17, 15) is 0 Å². The molecule has 0 saturated carbocycles. The van der Waals surface area contributed by atoms with Gasteiger partial charge in [0.05, 0.1) is 0 Å². The first-order valence-corrected chi connectivity index (χ1v) is 14.8. The number of hydrogen-bond acceptors (Lipinski definition) is 6. The van der Waals surface area contributed by atoms with Crippen LogP contribution in [0.4, 0.5) is 0 Å². The van der Waals surface area contributed by atoms with Gasteiger partial charge < -0.3 is 10.6 Å². The maximum Gasteiger partial charge on any atom is 0.0490 e. The Balaban J connectivity index is 1.98. The van der Waals surface area contributed by atoms with Gasteiger partial charge in [0.2, 0.25) is 0 Å². The van der Waals surface area contributed by atoms with Gasteiger partial charge in [0.25, 0.3) is 0 Å². The van der Waals surface area contributed by atoms with Gasteiger partial charge in [-0.3, -0.25) is 0 Å². The zero-order valence-electron chi connectivity index (χ0n) is 17.3. The van der Waals surface area contributed by atoms with Crippen LogP contribution in [0.1, 0.15) is 24.0 Å². The zero-order chi connectivity index (χ0) is 23.5. The number of rotatable bonds is 14. The summed E-state index contributed by atoms with van der Waals surface area (Å²) in [6, 6.07) is 10.7. The molecule has 0 heterocycles. The standard InChI is InChI=1S/C22H24Cl4N2S4/c23-15-1-3-19(25)17(13-15)21(29)5-8-28(10-12-32-31-11-7-27)9-6-22(30)18-14-16(24)2-4-20(18)26/h1-4,13-14H,5-12,27H2. The molecule has 174 valence electrons. The summed E-state index contributed by atoms with van der Waals surface area (Å²) in [5.41, 5.74) is 7.22. The summed E-state index contributed by atoms with van der Waals surface area (Å²) in [4.78, 5) is 3.96. The lowest BCUT2D eigenvalue weighted by atomic mass is 10.1. The molecule has 2 N–H and O–H groups in total. The van der Waals surface area contributed by atoms with Gasteiger partial charge in [-0.15, -0.1) is 0 Å². The molecule has 0 amide bonds. The smallest absolute Gasteiger partial charge is 0.0490 e. The molecule has 0 spiro atoms. The molecular formula is C22H24Cl4N2S4. The second-order valence-corrected chi connectivity index (χ2v) is 12.2. The molecule has 2 aromatic carbocycles. The van der Waals surface area contributed by atoms with Crippen LogP contribution in [0.3, 0.4) is 0 Å². The molecule has 0 fully saturated rings. The Morgan fingerprint density at radius 2 is 1.22 bits per heavy atom. The van der Waals surface area contributed by atoms with E-state index in [-0.39, 0.29) is 0 Å². The van der Waals surface area contributed by atoms with Gasteiger partial charge >= 0.3 is 0 Å². The SMILES string of the molecule is NCCSSCCN(CCC(=S)c1cc(Cl)ccc1Cl)CCC(=S)c1cc(Cl)ccc1Cl. The molecule has 0 aromatic heterocycles. The largest absolute Gasteiger partial charge is 0.330 e. The molecule has 0 aliphatic carbocycles. The van der Waals surface area contributed by atoms with Crippen molar-refractivity contribution in [3.05, 3.63) is 67.6 Å². The van der Waals surface area contributed by atoms with Gasteiger partial charge in [-0.05, 0) is 49.2 Å². The van der Waals surface area contributed by atoms with E-state index in [0.717, 1.165) is 52.0 Å². The fourth-order valence-corrected chi connectivity index (χ4v) is 6.20. The fraction of sp³-hybridized carbons (Fsp3) is 0.364. The van der Waals surface area contributed by atoms with Crippen LogP contribution in [-0.2, 0) is 0 Å². The van der Waals surface area contributed by atoms with Gasteiger partial charge in [0.15, 0.2) is 0 Å². The van der Waals surface area contributed by atoms with Crippen LogP contribution in [0.25, 0.3) is 0 Å². The minimum atomic E-state index is 0.622. The summed E-state index contributed by atoms with van der Waals surface area (Å²) in [7, 11) is 3.62. The minimum Gasteiger partial charge on any atom is -0.330 e. The second-order valence-electron chi connectivity index (χ2n) is 6.87. The highest BCUT2D eigenvalue weighted by atomic mass is 35.5. The highest BCUT2D eigenvalue weighted by Gasteiger charge is 2.13. The van der Waals surface area contributed by atoms with Crippen molar-refractivity contribution >= 4 is 102 Å². The molecule has 2 rings (SSSR count). The normalized spacial score (nSPS) is 11.2. The summed E-state index contributed by atoms with van der Waals surface area (Å²) in [6.45, 7) is 3.20. The van der Waals surface area contributed by atoms with Gasteiger partial charge in [-0.1, -0.05) is 92.4 Å². The van der Waals surface area contributed by atoms with Crippen molar-refractivity contribution in [2.24, 2.45) is 5.73 Å². The van der Waals surface area contributed by atoms with Crippen molar-refractivity contribution in [1.29, 1.82) is 0 Å². The van der Waals surface area contributed by atoms with Crippen molar-refractivity contribution in [2.75, 3.05) is 37.7 Å². The van der Waals surface area contributed by atoms with E-state index in [4.69, 9.17) is 76.6 Å². The Morgan fingerprint density at radius 1 is 0.750 bits per heavy atom. The fourth-order valence-electron chi connectivity index (χ4n) is 2.88. The quantitative estimate of drug-likeness (QED) is 0.105. The highest BCUT2D eigenvalue weighted by molar-refractivity contribution is 8.76. The highest BCUT2D eigenvalue weighted by Crippen LogP contribution is 2.25. The number of thiocarbonyl (C=S) groups is 2. The molecule has 0 aliphatic heterocycles. The molecule has 10 heteroatoms. The second kappa shape index (κ2) is 15.4. The molecule has 2 aromatic rings. The average molecular weight is 587 g/mol. The third-order valence-electron chi connectivity index (χ3n) is 4.54. The Bertz CT molecular complexity index is 859. The van der Waals surface area contributed by atoms with Crippen molar-refractivity contribution in [1.82, 2.24) is 4.90 Å². The van der Waals surface area contributed by atoms with Crippen LogP contribution in [0.15, 0.2) is 36.4 Å². The minimum absolute atomic E-state index is 0.622. The lowest BCUT2D eigenvalue weighted by Crippen LogP contribution is -2.31. The number of halogens is 4. The van der Waals surface area contributed by atoms with Crippen molar-refractivity contribution in [3.63, 3.8) is 0 Å². The topological polar surface area (TPSA) is 29.3 Å². The Hall–Kier alpha value is 0.400. The summed E-state index contributed by atoms with van der Waals surface area (Å²) in [5.74, 6) is 1.93. The first kappa shape index (κ1) is 28.6. The third-order valence-corrected chi connectivity index (χ3v) is 8.94. The maximum atomic E-state index is 6.32. The molecular weight excluding hydrogens is 562 g/mol. The van der Waals surface area contributed by atoms with E-state index >= 15 is 0 Å². The molecule has 0 bridgehead atoms. The van der Waals surface area contributed by atoms with E-state index in [2.05, 4.69) is 4.90 Å². The van der Waals surface area contributed by atoms with Crippen LogP contribution in [0.2, 0.25) is 20.1 Å². The third kappa shape index (κ3) is 9.95. The average Bonchev–Trinajstić information content (AvgIpc) is 2.77. The van der Waals surface area contributed by atoms with Crippen LogP contribution < -0.4 is 5.73 Å². The van der Waals surface area contributed by atoms with Gasteiger partial charge in [-0.2, -0.15) is 0 Å². The summed E-state index contributed by atoms with van der Waals surface area (Å²) in [6.07, 6.45) is 1.42. The summed E-state index contributed by atoms with van der Waals surface area (Å²) in [5, 5.41) is 2.49. The molecule has 0 atom stereocenters. The van der Waals surface area contributed by atoms with Crippen LogP contribution in [0, 0.1) is 0 Å². The zero-order valence-corrected chi connectivity index (χ0v) is 23.6. The number of benzene rings is 2. The van der Waals surface area contributed by atoms with Gasteiger partial charge in [0, 0.05) is 78.6 Å². The number of hydrogen-bond donors (Lipinski definition) is 1. The predicted octanol–water partition coefficient (Wildman–Crippen LogP) is 7.86. The first-order valence-electron chi connectivity index (χ1n) is 9.95. The molecule has 0 aliphatic rings. The Morgan fingerprint density at radius 3 is 1.69 bits per heavy atom. The van der Waals surface area contributed by atoms with Crippen molar-refractivity contribution < 1.29 is 0 Å². The van der Waals surface area contributed by atoms with E-state index in [1.54, 1.807) is 35.1 Å². The summed E-state index contributed by atoms with van der Waals surface area (Å²) >= 11 is 36.2. The lowest BCUT2D eigenvalue weighted by Gasteiger charge is -2.23. The molecule has 0 radical (unpaired) electrons. The number of nitrogens with two attached hydrogens (primary N) is 1. The molecule has 0 saturated heterocycles. The molecule has 2 nitrogen and oxygen atoms in total. The molecule has 32 heavy (non-hydrogen) atoms. The van der Waals surface area contributed by atoms with E-state index < -0.39 is 0 Å². The van der Waals surface area contributed by atoms with Crippen LogP contribution in [-0.4, -0.2) is 52.3 Å². The van der Waals surface area contributed by atoms with E-state index in [1.807, 2.05) is 22.9 Å². The Labute approximate surface area is 229 Å². The van der Waals surface area contributed by atoms with Gasteiger partial charge in [-0.25, -0.2) is 0 Å².